The van der Waals surface area contributed by atoms with E-state index in [4.69, 9.17) is 14.2 Å². The molecule has 0 saturated heterocycles. The number of rotatable bonds is 66. The van der Waals surface area contributed by atoms with Gasteiger partial charge < -0.3 is 14.2 Å². The van der Waals surface area contributed by atoms with E-state index in [2.05, 4.69) is 93.7 Å². The lowest BCUT2D eigenvalue weighted by molar-refractivity contribution is -0.167. The van der Waals surface area contributed by atoms with Crippen molar-refractivity contribution in [3.05, 3.63) is 72.9 Å². The fourth-order valence-corrected chi connectivity index (χ4v) is 10.6. The second-order valence-electron chi connectivity index (χ2n) is 24.1. The first-order chi connectivity index (χ1) is 40.5. The van der Waals surface area contributed by atoms with E-state index in [0.29, 0.717) is 19.3 Å². The maximum atomic E-state index is 12.9. The van der Waals surface area contributed by atoms with E-state index in [1.165, 1.54) is 218 Å². The molecule has 0 aromatic rings. The number of carbonyl (C=O) groups is 3. The fraction of sp³-hybridized carbons (Fsp3) is 0.803. The number of carbonyl (C=O) groups excluding carboxylic acids is 3. The summed E-state index contributed by atoms with van der Waals surface area (Å²) in [5.74, 6) is -0.895. The van der Waals surface area contributed by atoms with E-state index in [1.807, 2.05) is 0 Å². The number of allylic oxidation sites excluding steroid dienone is 12. The van der Waals surface area contributed by atoms with Crippen molar-refractivity contribution in [3.8, 4) is 0 Å². The Morgan fingerprint density at radius 3 is 0.793 bits per heavy atom. The van der Waals surface area contributed by atoms with Gasteiger partial charge >= 0.3 is 17.9 Å². The van der Waals surface area contributed by atoms with Gasteiger partial charge in [-0.1, -0.05) is 344 Å². The van der Waals surface area contributed by atoms with Crippen molar-refractivity contribution in [1.29, 1.82) is 0 Å². The SMILES string of the molecule is CC/C=C\C/C=C\C/C=C\C/C=C\C/C=C\CCCCCCCC(=O)OC(COC(=O)CCCCCCC/C=C\CCCC)COC(=O)CCCCCCCCCCCCCCCCCCCCCCCCCCCCCCCCCC. The van der Waals surface area contributed by atoms with Gasteiger partial charge in [0.1, 0.15) is 13.2 Å². The highest BCUT2D eigenvalue weighted by Crippen LogP contribution is 2.18. The molecule has 476 valence electrons. The Labute approximate surface area is 510 Å². The van der Waals surface area contributed by atoms with E-state index in [1.54, 1.807) is 0 Å². The summed E-state index contributed by atoms with van der Waals surface area (Å²) < 4.78 is 16.9. The zero-order valence-electron chi connectivity index (χ0n) is 54.8. The van der Waals surface area contributed by atoms with Crippen LogP contribution in [0.2, 0.25) is 0 Å². The molecule has 6 nitrogen and oxygen atoms in total. The highest BCUT2D eigenvalue weighted by molar-refractivity contribution is 5.71. The summed E-state index contributed by atoms with van der Waals surface area (Å²) >= 11 is 0. The quantitative estimate of drug-likeness (QED) is 0.0261. The van der Waals surface area contributed by atoms with Crippen LogP contribution in [0.4, 0.5) is 0 Å². The first-order valence-electron chi connectivity index (χ1n) is 35.9. The van der Waals surface area contributed by atoms with Crippen LogP contribution in [0.5, 0.6) is 0 Å². The molecule has 0 aromatic carbocycles. The van der Waals surface area contributed by atoms with Crippen molar-refractivity contribution in [1.82, 2.24) is 0 Å². The lowest BCUT2D eigenvalue weighted by Gasteiger charge is -2.18. The van der Waals surface area contributed by atoms with Crippen LogP contribution < -0.4 is 0 Å². The van der Waals surface area contributed by atoms with Gasteiger partial charge in [-0.3, -0.25) is 14.4 Å². The zero-order valence-corrected chi connectivity index (χ0v) is 54.8. The Bertz CT molecular complexity index is 1500. The average molecular weight is 1150 g/mol. The molecule has 0 radical (unpaired) electrons. The fourth-order valence-electron chi connectivity index (χ4n) is 10.6. The number of ether oxygens (including phenoxy) is 3. The monoisotopic (exact) mass is 1150 g/mol. The molecule has 0 amide bonds. The van der Waals surface area contributed by atoms with Crippen molar-refractivity contribution in [2.45, 2.75) is 380 Å². The normalized spacial score (nSPS) is 12.5. The van der Waals surface area contributed by atoms with Gasteiger partial charge in [-0.25, -0.2) is 0 Å². The topological polar surface area (TPSA) is 78.9 Å². The molecule has 0 saturated carbocycles. The molecule has 0 spiro atoms. The molecule has 1 atom stereocenters. The first-order valence-corrected chi connectivity index (χ1v) is 35.9. The number of unbranched alkanes of at least 4 members (excludes halogenated alkanes) is 43. The molecule has 0 aliphatic heterocycles. The van der Waals surface area contributed by atoms with Gasteiger partial charge in [0.25, 0.3) is 0 Å². The lowest BCUT2D eigenvalue weighted by atomic mass is 10.0. The third kappa shape index (κ3) is 67.6. The van der Waals surface area contributed by atoms with Crippen molar-refractivity contribution >= 4 is 17.9 Å². The van der Waals surface area contributed by atoms with Crippen LogP contribution in [0.25, 0.3) is 0 Å². The number of hydrogen-bond donors (Lipinski definition) is 0. The molecule has 82 heavy (non-hydrogen) atoms. The van der Waals surface area contributed by atoms with Gasteiger partial charge in [-0.15, -0.1) is 0 Å². The Kier molecular flexibility index (Phi) is 67.6. The van der Waals surface area contributed by atoms with Crippen LogP contribution in [0.1, 0.15) is 374 Å². The van der Waals surface area contributed by atoms with E-state index in [-0.39, 0.29) is 31.1 Å². The summed E-state index contributed by atoms with van der Waals surface area (Å²) in [7, 11) is 0. The summed E-state index contributed by atoms with van der Waals surface area (Å²) in [5, 5.41) is 0. The zero-order chi connectivity index (χ0) is 59.2. The Morgan fingerprint density at radius 2 is 0.488 bits per heavy atom. The Balaban J connectivity index is 4.14. The molecule has 0 aliphatic rings. The van der Waals surface area contributed by atoms with Crippen LogP contribution in [0.15, 0.2) is 72.9 Å². The van der Waals surface area contributed by atoms with Crippen LogP contribution in [0, 0.1) is 0 Å². The van der Waals surface area contributed by atoms with Crippen LogP contribution >= 0.6 is 0 Å². The summed E-state index contributed by atoms with van der Waals surface area (Å²) in [6.07, 6.45) is 92.4. The van der Waals surface area contributed by atoms with Crippen molar-refractivity contribution in [2.24, 2.45) is 0 Å². The van der Waals surface area contributed by atoms with Crippen LogP contribution in [-0.4, -0.2) is 37.2 Å². The predicted molar refractivity (Wildman–Crippen MR) is 358 cm³/mol. The standard InChI is InChI=1S/C76H136O6/c1-4-7-10-13-16-19-22-24-26-28-30-32-33-34-35-36-37-38-39-40-41-42-44-45-47-49-51-54-57-60-63-66-69-75(78)81-72-73(71-80-74(77)68-65-62-59-56-53-21-18-15-12-9-6-3)82-76(79)70-67-64-61-58-55-52-50-48-46-43-31-29-27-25-23-20-17-14-11-8-5-2/h8,11,15,17-18,20,25,27,31,43,48,50,73H,4-7,9-10,12-14,16,19,21-24,26,28-30,32-42,44-47,49,51-72H2,1-3H3/b11-8-,18-15-,20-17-,27-25-,43-31-,50-48-. The number of esters is 3. The second-order valence-corrected chi connectivity index (χ2v) is 24.1. The predicted octanol–water partition coefficient (Wildman–Crippen LogP) is 24.8. The van der Waals surface area contributed by atoms with E-state index in [0.717, 1.165) is 116 Å². The van der Waals surface area contributed by atoms with E-state index >= 15 is 0 Å². The maximum absolute atomic E-state index is 12.9. The minimum atomic E-state index is -0.789. The molecule has 0 heterocycles. The molecular weight excluding hydrogens is 1010 g/mol. The van der Waals surface area contributed by atoms with E-state index in [9.17, 15) is 14.4 Å². The Hall–Kier alpha value is -3.15. The summed E-state index contributed by atoms with van der Waals surface area (Å²) in [6.45, 7) is 6.52. The highest BCUT2D eigenvalue weighted by atomic mass is 16.6. The van der Waals surface area contributed by atoms with E-state index < -0.39 is 6.10 Å². The van der Waals surface area contributed by atoms with Gasteiger partial charge in [-0.2, -0.15) is 0 Å². The van der Waals surface area contributed by atoms with Crippen molar-refractivity contribution in [2.75, 3.05) is 13.2 Å². The smallest absolute Gasteiger partial charge is 0.306 e. The van der Waals surface area contributed by atoms with Gasteiger partial charge in [0, 0.05) is 19.3 Å². The minimum Gasteiger partial charge on any atom is -0.462 e. The average Bonchev–Trinajstić information content (AvgIpc) is 3.48. The van der Waals surface area contributed by atoms with Crippen molar-refractivity contribution < 1.29 is 28.6 Å². The second kappa shape index (κ2) is 70.3. The number of hydrogen-bond acceptors (Lipinski definition) is 6. The molecule has 0 aromatic heterocycles. The molecule has 0 rings (SSSR count). The largest absolute Gasteiger partial charge is 0.462 e. The van der Waals surface area contributed by atoms with Gasteiger partial charge in [0.2, 0.25) is 0 Å². The van der Waals surface area contributed by atoms with Crippen LogP contribution in [0.3, 0.4) is 0 Å². The molecular formula is C76H136O6. The third-order valence-electron chi connectivity index (χ3n) is 15.9. The molecule has 1 unspecified atom stereocenters. The highest BCUT2D eigenvalue weighted by Gasteiger charge is 2.19. The summed E-state index contributed by atoms with van der Waals surface area (Å²) in [4.78, 5) is 38.3. The summed E-state index contributed by atoms with van der Waals surface area (Å²) in [6, 6.07) is 0. The van der Waals surface area contributed by atoms with Gasteiger partial charge in [-0.05, 0) is 83.5 Å². The molecule has 0 N–H and O–H groups in total. The summed E-state index contributed by atoms with van der Waals surface area (Å²) in [5.41, 5.74) is 0. The van der Waals surface area contributed by atoms with Crippen molar-refractivity contribution in [3.63, 3.8) is 0 Å². The van der Waals surface area contributed by atoms with Gasteiger partial charge in [0.15, 0.2) is 6.10 Å². The third-order valence-corrected chi connectivity index (χ3v) is 15.9. The minimum absolute atomic E-state index is 0.0832. The molecule has 0 fully saturated rings. The molecule has 6 heteroatoms. The molecule has 0 aliphatic carbocycles. The van der Waals surface area contributed by atoms with Gasteiger partial charge in [0.05, 0.1) is 0 Å². The first kappa shape index (κ1) is 78.8. The molecule has 0 bridgehead atoms. The van der Waals surface area contributed by atoms with Crippen LogP contribution in [-0.2, 0) is 28.6 Å². The maximum Gasteiger partial charge on any atom is 0.306 e. The lowest BCUT2D eigenvalue weighted by Crippen LogP contribution is -2.30. The Morgan fingerprint density at radius 1 is 0.256 bits per heavy atom.